The molecular weight excluding hydrogens is 458 g/mol. The zero-order valence-electron chi connectivity index (χ0n) is 14.6. The van der Waals surface area contributed by atoms with Crippen LogP contribution in [-0.2, 0) is 0 Å². The molecule has 1 aromatic heterocycles. The second kappa shape index (κ2) is 7.61. The van der Waals surface area contributed by atoms with E-state index < -0.39 is 16.4 Å². The molecule has 0 spiro atoms. The maximum Gasteiger partial charge on any atom is 0.312 e. The summed E-state index contributed by atoms with van der Waals surface area (Å²) in [5.74, 6) is -0.458. The van der Waals surface area contributed by atoms with E-state index in [1.807, 2.05) is 24.3 Å². The highest BCUT2D eigenvalue weighted by molar-refractivity contribution is 9.10. The number of nitro benzene ring substituents is 1. The second-order valence-corrected chi connectivity index (χ2v) is 8.01. The zero-order valence-corrected chi connectivity index (χ0v) is 17.0. The van der Waals surface area contributed by atoms with Gasteiger partial charge in [0.1, 0.15) is 10.8 Å². The van der Waals surface area contributed by atoms with Crippen LogP contribution in [0.15, 0.2) is 64.1 Å². The van der Waals surface area contributed by atoms with Gasteiger partial charge in [0, 0.05) is 28.4 Å². The van der Waals surface area contributed by atoms with Crippen molar-refractivity contribution in [3.63, 3.8) is 0 Å². The predicted octanol–water partition coefficient (Wildman–Crippen LogP) is 5.80. The molecular formula is C20H12BrN3O4S. The number of halogens is 1. The molecule has 0 unspecified atom stereocenters. The van der Waals surface area contributed by atoms with Crippen molar-refractivity contribution in [2.24, 2.45) is 4.99 Å². The monoisotopic (exact) mass is 469 g/mol. The summed E-state index contributed by atoms with van der Waals surface area (Å²) in [5.41, 5.74) is 1.64. The highest BCUT2D eigenvalue weighted by atomic mass is 79.9. The van der Waals surface area contributed by atoms with Gasteiger partial charge in [0.15, 0.2) is 0 Å². The number of fused-ring (bicyclic) bond motifs is 1. The van der Waals surface area contributed by atoms with Crippen molar-refractivity contribution >= 4 is 55.1 Å². The van der Waals surface area contributed by atoms with Crippen molar-refractivity contribution < 1.29 is 15.1 Å². The van der Waals surface area contributed by atoms with Gasteiger partial charge in [-0.15, -0.1) is 11.3 Å². The maximum absolute atomic E-state index is 11.0. The highest BCUT2D eigenvalue weighted by Crippen LogP contribution is 2.37. The normalized spacial score (nSPS) is 11.3. The van der Waals surface area contributed by atoms with Crippen LogP contribution in [-0.4, -0.2) is 26.3 Å². The molecule has 4 aromatic rings. The van der Waals surface area contributed by atoms with Crippen LogP contribution in [0.1, 0.15) is 5.56 Å². The average molecular weight is 470 g/mol. The number of para-hydroxylation sites is 1. The van der Waals surface area contributed by atoms with Gasteiger partial charge in [-0.1, -0.05) is 28.1 Å². The molecule has 0 saturated carbocycles. The zero-order chi connectivity index (χ0) is 20.5. The van der Waals surface area contributed by atoms with E-state index in [0.29, 0.717) is 20.7 Å². The third kappa shape index (κ3) is 3.82. The number of benzene rings is 3. The van der Waals surface area contributed by atoms with Gasteiger partial charge in [0.05, 0.1) is 26.4 Å². The fourth-order valence-electron chi connectivity index (χ4n) is 2.76. The van der Waals surface area contributed by atoms with E-state index >= 15 is 0 Å². The van der Waals surface area contributed by atoms with E-state index in [1.165, 1.54) is 35.8 Å². The van der Waals surface area contributed by atoms with Gasteiger partial charge in [-0.05, 0) is 30.3 Å². The number of aliphatic imine (C=N–C) groups is 1. The van der Waals surface area contributed by atoms with E-state index in [2.05, 4.69) is 25.9 Å². The Morgan fingerprint density at radius 2 is 1.93 bits per heavy atom. The number of phenols is 2. The van der Waals surface area contributed by atoms with Crippen molar-refractivity contribution in [3.05, 3.63) is 74.7 Å². The number of thiazole rings is 1. The number of hydrogen-bond donors (Lipinski definition) is 2. The molecule has 0 atom stereocenters. The minimum Gasteiger partial charge on any atom is -0.507 e. The van der Waals surface area contributed by atoms with Crippen LogP contribution >= 0.6 is 27.3 Å². The standard InChI is InChI=1S/C20H12BrN3O4S/c21-12-7-11(19(26)16(8-12)24(27)28)10-22-13-5-6-14(17(25)9-13)20-23-15-3-1-2-4-18(15)29-20/h1-10,25-26H. The smallest absolute Gasteiger partial charge is 0.312 e. The summed E-state index contributed by atoms with van der Waals surface area (Å²) < 4.78 is 1.47. The van der Waals surface area contributed by atoms with Crippen molar-refractivity contribution in [1.29, 1.82) is 0 Å². The Bertz CT molecular complexity index is 1250. The number of nitrogens with zero attached hydrogens (tertiary/aromatic N) is 3. The van der Waals surface area contributed by atoms with E-state index in [0.717, 1.165) is 10.2 Å². The van der Waals surface area contributed by atoms with Crippen LogP contribution < -0.4 is 0 Å². The van der Waals surface area contributed by atoms with Crippen LogP contribution in [0.5, 0.6) is 11.5 Å². The van der Waals surface area contributed by atoms with Gasteiger partial charge >= 0.3 is 5.69 Å². The predicted molar refractivity (Wildman–Crippen MR) is 116 cm³/mol. The summed E-state index contributed by atoms with van der Waals surface area (Å²) in [6.45, 7) is 0. The average Bonchev–Trinajstić information content (AvgIpc) is 3.12. The number of rotatable bonds is 4. The number of aromatic nitrogens is 1. The molecule has 0 aliphatic heterocycles. The lowest BCUT2D eigenvalue weighted by atomic mass is 10.1. The van der Waals surface area contributed by atoms with Gasteiger partial charge in [0.2, 0.25) is 5.75 Å². The molecule has 7 nitrogen and oxygen atoms in total. The van der Waals surface area contributed by atoms with Crippen molar-refractivity contribution in [2.45, 2.75) is 0 Å². The summed E-state index contributed by atoms with van der Waals surface area (Å²) in [6, 6.07) is 15.3. The van der Waals surface area contributed by atoms with E-state index in [9.17, 15) is 20.3 Å². The molecule has 144 valence electrons. The molecule has 4 rings (SSSR count). The molecule has 9 heteroatoms. The van der Waals surface area contributed by atoms with Gasteiger partial charge in [-0.25, -0.2) is 4.98 Å². The Kier molecular flexibility index (Phi) is 4.99. The summed E-state index contributed by atoms with van der Waals surface area (Å²) in [4.78, 5) is 19.1. The third-order valence-electron chi connectivity index (χ3n) is 4.14. The Balaban J connectivity index is 1.66. The Morgan fingerprint density at radius 1 is 1.14 bits per heavy atom. The summed E-state index contributed by atoms with van der Waals surface area (Å²) in [7, 11) is 0. The molecule has 0 fully saturated rings. The largest absolute Gasteiger partial charge is 0.507 e. The van der Waals surface area contributed by atoms with Crippen LogP contribution in [0.2, 0.25) is 0 Å². The lowest BCUT2D eigenvalue weighted by Gasteiger charge is -2.03. The van der Waals surface area contributed by atoms with Crippen molar-refractivity contribution in [2.75, 3.05) is 0 Å². The van der Waals surface area contributed by atoms with Crippen molar-refractivity contribution in [3.8, 4) is 22.1 Å². The summed E-state index contributed by atoms with van der Waals surface area (Å²) in [5, 5.41) is 32.2. The first kappa shape index (κ1) is 19.0. The Hall–Kier alpha value is -3.30. The fourth-order valence-corrected chi connectivity index (χ4v) is 4.22. The molecule has 0 saturated heterocycles. The van der Waals surface area contributed by atoms with Crippen LogP contribution in [0.4, 0.5) is 11.4 Å². The molecule has 2 N–H and O–H groups in total. The molecule has 29 heavy (non-hydrogen) atoms. The van der Waals surface area contributed by atoms with Gasteiger partial charge in [-0.2, -0.15) is 0 Å². The van der Waals surface area contributed by atoms with E-state index in [4.69, 9.17) is 0 Å². The highest BCUT2D eigenvalue weighted by Gasteiger charge is 2.17. The molecule has 0 aliphatic carbocycles. The van der Waals surface area contributed by atoms with Gasteiger partial charge in [0.25, 0.3) is 0 Å². The van der Waals surface area contributed by atoms with Crippen LogP contribution in [0.3, 0.4) is 0 Å². The summed E-state index contributed by atoms with van der Waals surface area (Å²) in [6.07, 6.45) is 1.30. The number of hydrogen-bond acceptors (Lipinski definition) is 7. The lowest BCUT2D eigenvalue weighted by molar-refractivity contribution is -0.385. The third-order valence-corrected chi connectivity index (χ3v) is 5.67. The van der Waals surface area contributed by atoms with Crippen LogP contribution in [0.25, 0.3) is 20.8 Å². The number of nitro groups is 1. The Morgan fingerprint density at radius 3 is 2.66 bits per heavy atom. The van der Waals surface area contributed by atoms with E-state index in [-0.39, 0.29) is 11.3 Å². The molecule has 0 bridgehead atoms. The number of phenolic OH excluding ortho intramolecular Hbond substituents is 2. The Labute approximate surface area is 176 Å². The second-order valence-electron chi connectivity index (χ2n) is 6.07. The van der Waals surface area contributed by atoms with Gasteiger partial charge < -0.3 is 10.2 Å². The molecule has 0 amide bonds. The summed E-state index contributed by atoms with van der Waals surface area (Å²) >= 11 is 4.66. The molecule has 0 aliphatic rings. The first-order valence-corrected chi connectivity index (χ1v) is 9.93. The van der Waals surface area contributed by atoms with Gasteiger partial charge in [-0.3, -0.25) is 15.1 Å². The molecule has 3 aromatic carbocycles. The maximum atomic E-state index is 11.0. The molecule has 1 heterocycles. The van der Waals surface area contributed by atoms with Crippen molar-refractivity contribution in [1.82, 2.24) is 4.98 Å². The minimum atomic E-state index is -0.671. The van der Waals surface area contributed by atoms with E-state index in [1.54, 1.807) is 12.1 Å². The lowest BCUT2D eigenvalue weighted by Crippen LogP contribution is -1.92. The quantitative estimate of drug-likeness (QED) is 0.223. The molecule has 0 radical (unpaired) electrons. The number of aromatic hydroxyl groups is 2. The fraction of sp³-hybridized carbons (Fsp3) is 0. The first-order valence-electron chi connectivity index (χ1n) is 8.32. The minimum absolute atomic E-state index is 0.0168. The van der Waals surface area contributed by atoms with Crippen LogP contribution in [0, 0.1) is 10.1 Å². The topological polar surface area (TPSA) is 109 Å². The first-order chi connectivity index (χ1) is 13.9. The SMILES string of the molecule is O=[N+]([O-])c1cc(Br)cc(C=Nc2ccc(-c3nc4ccccc4s3)c(O)c2)c1O.